The molecule has 2 aromatic rings. The molecule has 1 saturated heterocycles. The molecule has 0 unspecified atom stereocenters. The lowest BCUT2D eigenvalue weighted by atomic mass is 10.3. The van der Waals surface area contributed by atoms with Crippen molar-refractivity contribution in [3.8, 4) is 6.07 Å². The van der Waals surface area contributed by atoms with Crippen molar-refractivity contribution in [3.63, 3.8) is 0 Å². The summed E-state index contributed by atoms with van der Waals surface area (Å²) in [6.07, 6.45) is 2.79. The molecule has 1 aromatic carbocycles. The Morgan fingerprint density at radius 1 is 1.25 bits per heavy atom. The van der Waals surface area contributed by atoms with Crippen LogP contribution in [0.2, 0.25) is 0 Å². The maximum Gasteiger partial charge on any atom is 0.125 e. The Bertz CT molecular complexity index is 650. The van der Waals surface area contributed by atoms with Crippen LogP contribution >= 0.6 is 0 Å². The fourth-order valence-electron chi connectivity index (χ4n) is 2.86. The third-order valence-corrected chi connectivity index (χ3v) is 3.87. The van der Waals surface area contributed by atoms with Crippen LogP contribution in [-0.2, 0) is 13.0 Å². The van der Waals surface area contributed by atoms with Crippen LogP contribution in [0.25, 0.3) is 11.0 Å². The normalized spacial score (nSPS) is 15.8. The van der Waals surface area contributed by atoms with Gasteiger partial charge in [0.05, 0.1) is 23.5 Å². The number of hydrogen-bond acceptors (Lipinski definition) is 3. The molecular weight excluding hydrogens is 255 g/mol. The number of aromatic nitrogens is 2. The molecule has 1 aliphatic heterocycles. The van der Waals surface area contributed by atoms with Gasteiger partial charge in [-0.3, -0.25) is 0 Å². The molecule has 0 atom stereocenters. The first-order chi connectivity index (χ1) is 9.78. The molecule has 0 aliphatic carbocycles. The van der Waals surface area contributed by atoms with Crippen molar-refractivity contribution >= 4 is 11.0 Å². The highest BCUT2D eigenvalue weighted by Crippen LogP contribution is 2.18. The number of halogens is 1. The first kappa shape index (κ1) is 13.1. The number of rotatable bonds is 4. The summed E-state index contributed by atoms with van der Waals surface area (Å²) in [6, 6.07) is 6.77. The Labute approximate surface area is 117 Å². The fourth-order valence-corrected chi connectivity index (χ4v) is 2.86. The van der Waals surface area contributed by atoms with E-state index >= 15 is 0 Å². The first-order valence-corrected chi connectivity index (χ1v) is 7.02. The Kier molecular flexibility index (Phi) is 3.66. The Hall–Kier alpha value is -1.93. The van der Waals surface area contributed by atoms with Crippen LogP contribution in [0.5, 0.6) is 0 Å². The van der Waals surface area contributed by atoms with Crippen LogP contribution in [0.1, 0.15) is 18.7 Å². The van der Waals surface area contributed by atoms with Gasteiger partial charge in [-0.1, -0.05) is 0 Å². The number of nitriles is 1. The SMILES string of the molecule is N#CCc1nc2cc(F)ccc2n1CCN1CCCC1. The molecule has 0 amide bonds. The van der Waals surface area contributed by atoms with Crippen LogP contribution in [0, 0.1) is 17.1 Å². The zero-order chi connectivity index (χ0) is 13.9. The summed E-state index contributed by atoms with van der Waals surface area (Å²) in [7, 11) is 0. The smallest absolute Gasteiger partial charge is 0.125 e. The van der Waals surface area contributed by atoms with Crippen LogP contribution in [0.3, 0.4) is 0 Å². The summed E-state index contributed by atoms with van der Waals surface area (Å²) >= 11 is 0. The van der Waals surface area contributed by atoms with E-state index in [2.05, 4.69) is 20.5 Å². The Balaban J connectivity index is 1.89. The van der Waals surface area contributed by atoms with Gasteiger partial charge in [-0.25, -0.2) is 9.37 Å². The van der Waals surface area contributed by atoms with Gasteiger partial charge in [-0.2, -0.15) is 5.26 Å². The molecule has 104 valence electrons. The predicted octanol–water partition coefficient (Wildman–Crippen LogP) is 2.34. The lowest BCUT2D eigenvalue weighted by Crippen LogP contribution is -2.24. The average Bonchev–Trinajstić information content (AvgIpc) is 3.04. The Morgan fingerprint density at radius 2 is 2.05 bits per heavy atom. The second-order valence-corrected chi connectivity index (χ2v) is 5.20. The van der Waals surface area contributed by atoms with Gasteiger partial charge >= 0.3 is 0 Å². The third kappa shape index (κ3) is 2.52. The van der Waals surface area contributed by atoms with E-state index in [0.29, 0.717) is 5.52 Å². The molecule has 4 nitrogen and oxygen atoms in total. The molecule has 1 aromatic heterocycles. The molecule has 1 aliphatic rings. The van der Waals surface area contributed by atoms with Gasteiger partial charge in [-0.15, -0.1) is 0 Å². The van der Waals surface area contributed by atoms with Crippen LogP contribution in [-0.4, -0.2) is 34.1 Å². The summed E-state index contributed by atoms with van der Waals surface area (Å²) in [6.45, 7) is 4.06. The molecule has 2 heterocycles. The predicted molar refractivity (Wildman–Crippen MR) is 74.7 cm³/mol. The van der Waals surface area contributed by atoms with Crippen molar-refractivity contribution < 1.29 is 4.39 Å². The molecule has 1 fully saturated rings. The molecule has 0 radical (unpaired) electrons. The van der Waals surface area contributed by atoms with E-state index in [1.807, 2.05) is 0 Å². The number of fused-ring (bicyclic) bond motifs is 1. The van der Waals surface area contributed by atoms with E-state index in [1.54, 1.807) is 6.07 Å². The maximum atomic E-state index is 13.3. The molecular formula is C15H17FN4. The number of benzene rings is 1. The van der Waals surface area contributed by atoms with Crippen molar-refractivity contribution in [2.45, 2.75) is 25.8 Å². The number of imidazole rings is 1. The minimum Gasteiger partial charge on any atom is -0.326 e. The van der Waals surface area contributed by atoms with Gasteiger partial charge < -0.3 is 9.47 Å². The van der Waals surface area contributed by atoms with Gasteiger partial charge in [0.15, 0.2) is 0 Å². The minimum atomic E-state index is -0.287. The fraction of sp³-hybridized carbons (Fsp3) is 0.467. The van der Waals surface area contributed by atoms with Crippen LogP contribution in [0.15, 0.2) is 18.2 Å². The van der Waals surface area contributed by atoms with Gasteiger partial charge in [0, 0.05) is 19.2 Å². The van der Waals surface area contributed by atoms with Crippen LogP contribution < -0.4 is 0 Å². The van der Waals surface area contributed by atoms with E-state index in [9.17, 15) is 4.39 Å². The monoisotopic (exact) mass is 272 g/mol. The van der Waals surface area contributed by atoms with Gasteiger partial charge in [0.25, 0.3) is 0 Å². The third-order valence-electron chi connectivity index (χ3n) is 3.87. The minimum absolute atomic E-state index is 0.260. The second kappa shape index (κ2) is 5.59. The zero-order valence-corrected chi connectivity index (χ0v) is 11.3. The molecule has 20 heavy (non-hydrogen) atoms. The summed E-state index contributed by atoms with van der Waals surface area (Å²) < 4.78 is 15.3. The highest BCUT2D eigenvalue weighted by atomic mass is 19.1. The molecule has 3 rings (SSSR count). The highest BCUT2D eigenvalue weighted by Gasteiger charge is 2.15. The van der Waals surface area contributed by atoms with Gasteiger partial charge in [0.1, 0.15) is 11.6 Å². The number of hydrogen-bond donors (Lipinski definition) is 0. The molecule has 0 spiro atoms. The lowest BCUT2D eigenvalue weighted by Gasteiger charge is -2.16. The first-order valence-electron chi connectivity index (χ1n) is 7.02. The number of likely N-dealkylation sites (tertiary alicyclic amines) is 1. The van der Waals surface area contributed by atoms with Crippen LogP contribution in [0.4, 0.5) is 4.39 Å². The van der Waals surface area contributed by atoms with Crippen molar-refractivity contribution in [2.75, 3.05) is 19.6 Å². The maximum absolute atomic E-state index is 13.3. The van der Waals surface area contributed by atoms with Gasteiger partial charge in [0.2, 0.25) is 0 Å². The number of nitrogens with zero attached hydrogens (tertiary/aromatic N) is 4. The quantitative estimate of drug-likeness (QED) is 0.858. The van der Waals surface area contributed by atoms with E-state index in [1.165, 1.54) is 25.0 Å². The van der Waals surface area contributed by atoms with Crippen molar-refractivity contribution in [1.29, 1.82) is 5.26 Å². The second-order valence-electron chi connectivity index (χ2n) is 5.20. The van der Waals surface area contributed by atoms with Gasteiger partial charge in [-0.05, 0) is 38.1 Å². The zero-order valence-electron chi connectivity index (χ0n) is 11.3. The summed E-state index contributed by atoms with van der Waals surface area (Å²) in [4.78, 5) is 6.81. The summed E-state index contributed by atoms with van der Waals surface area (Å²) in [5.74, 6) is 0.442. The van der Waals surface area contributed by atoms with Crippen molar-refractivity contribution in [3.05, 3.63) is 29.8 Å². The standard InChI is InChI=1S/C15H17FN4/c16-12-3-4-14-13(11-12)18-15(5-6-17)20(14)10-9-19-7-1-2-8-19/h3-4,11H,1-2,5,7-10H2. The van der Waals surface area contributed by atoms with E-state index in [4.69, 9.17) is 5.26 Å². The molecule has 0 N–H and O–H groups in total. The average molecular weight is 272 g/mol. The van der Waals surface area contributed by atoms with E-state index < -0.39 is 0 Å². The van der Waals surface area contributed by atoms with E-state index in [0.717, 1.165) is 37.5 Å². The lowest BCUT2D eigenvalue weighted by molar-refractivity contribution is 0.323. The van der Waals surface area contributed by atoms with E-state index in [-0.39, 0.29) is 12.2 Å². The Morgan fingerprint density at radius 3 is 2.80 bits per heavy atom. The topological polar surface area (TPSA) is 44.9 Å². The largest absolute Gasteiger partial charge is 0.326 e. The summed E-state index contributed by atoms with van der Waals surface area (Å²) in [5, 5.41) is 8.92. The van der Waals surface area contributed by atoms with Crippen molar-refractivity contribution in [1.82, 2.24) is 14.5 Å². The molecule has 0 bridgehead atoms. The molecule has 0 saturated carbocycles. The molecule has 5 heteroatoms. The summed E-state index contributed by atoms with van der Waals surface area (Å²) in [5.41, 5.74) is 1.55. The highest BCUT2D eigenvalue weighted by molar-refractivity contribution is 5.76. The van der Waals surface area contributed by atoms with Crippen molar-refractivity contribution in [2.24, 2.45) is 0 Å².